The van der Waals surface area contributed by atoms with Crippen molar-refractivity contribution in [3.05, 3.63) is 0 Å². The summed E-state index contributed by atoms with van der Waals surface area (Å²) < 4.78 is 0. The number of hydrogen-bond donors (Lipinski definition) is 2. The van der Waals surface area contributed by atoms with Gasteiger partial charge in [-0.3, -0.25) is 11.3 Å². The summed E-state index contributed by atoms with van der Waals surface area (Å²) in [6.07, 6.45) is 3.89. The zero-order valence-corrected chi connectivity index (χ0v) is 7.86. The topological polar surface area (TPSA) is 41.3 Å². The lowest BCUT2D eigenvalue weighted by Crippen LogP contribution is -2.31. The first-order valence-corrected chi connectivity index (χ1v) is 3.98. The van der Waals surface area contributed by atoms with Crippen LogP contribution in [0.2, 0.25) is 0 Å². The Labute approximate surface area is 74.7 Å². The molecule has 1 rings (SSSR count). The Kier molecular flexibility index (Phi) is 5.86. The Morgan fingerprint density at radius 3 is 2.82 bits per heavy atom. The molecule has 68 valence electrons. The number of likely N-dealkylation sites (tertiary alicyclic amines) is 1. The molecule has 0 spiro atoms. The molecule has 1 heterocycles. The third-order valence-corrected chi connectivity index (χ3v) is 2.29. The van der Waals surface area contributed by atoms with Gasteiger partial charge in [-0.05, 0) is 32.9 Å². The second-order valence-corrected chi connectivity index (χ2v) is 3.02. The molecule has 3 N–H and O–H groups in total. The summed E-state index contributed by atoms with van der Waals surface area (Å²) in [6, 6.07) is 0.774. The van der Waals surface area contributed by atoms with Gasteiger partial charge in [0, 0.05) is 12.6 Å². The van der Waals surface area contributed by atoms with E-state index in [-0.39, 0.29) is 12.4 Å². The van der Waals surface area contributed by atoms with E-state index >= 15 is 0 Å². The zero-order chi connectivity index (χ0) is 7.40. The second-order valence-electron chi connectivity index (χ2n) is 3.02. The van der Waals surface area contributed by atoms with Crippen molar-refractivity contribution in [2.45, 2.75) is 25.3 Å². The van der Waals surface area contributed by atoms with Crippen LogP contribution in [0.25, 0.3) is 0 Å². The zero-order valence-electron chi connectivity index (χ0n) is 7.05. The van der Waals surface area contributed by atoms with Crippen molar-refractivity contribution in [1.29, 1.82) is 0 Å². The fraction of sp³-hybridized carbons (Fsp3) is 1.00. The van der Waals surface area contributed by atoms with Crippen molar-refractivity contribution in [3.63, 3.8) is 0 Å². The van der Waals surface area contributed by atoms with Gasteiger partial charge in [0.25, 0.3) is 0 Å². The highest BCUT2D eigenvalue weighted by molar-refractivity contribution is 5.85. The molecule has 1 saturated heterocycles. The molecular formula is C7H18ClN3. The van der Waals surface area contributed by atoms with Crippen molar-refractivity contribution < 1.29 is 0 Å². The maximum Gasteiger partial charge on any atom is 0.0112 e. The fourth-order valence-corrected chi connectivity index (χ4v) is 1.59. The molecule has 0 saturated carbocycles. The van der Waals surface area contributed by atoms with E-state index in [4.69, 9.17) is 5.84 Å². The predicted molar refractivity (Wildman–Crippen MR) is 49.7 cm³/mol. The number of hydrogen-bond acceptors (Lipinski definition) is 3. The minimum atomic E-state index is 0. The van der Waals surface area contributed by atoms with Crippen LogP contribution in [0.4, 0.5) is 0 Å². The Morgan fingerprint density at radius 2 is 2.36 bits per heavy atom. The fourth-order valence-electron chi connectivity index (χ4n) is 1.59. The number of nitrogens with two attached hydrogens (primary N) is 1. The van der Waals surface area contributed by atoms with Crippen molar-refractivity contribution in [1.82, 2.24) is 10.3 Å². The second kappa shape index (κ2) is 5.77. The van der Waals surface area contributed by atoms with Crippen LogP contribution in [0.1, 0.15) is 19.3 Å². The standard InChI is InChI=1S/C7H17N3.ClH/c1-10-6-2-3-7(10)4-5-9-8;/h7,9H,2-6,8H2,1H3;1H. The van der Waals surface area contributed by atoms with Crippen LogP contribution >= 0.6 is 12.4 Å². The lowest BCUT2D eigenvalue weighted by Gasteiger charge is -2.18. The molecule has 1 aliphatic heterocycles. The van der Waals surface area contributed by atoms with Gasteiger partial charge < -0.3 is 4.90 Å². The largest absolute Gasteiger partial charge is 0.303 e. The van der Waals surface area contributed by atoms with Crippen LogP contribution in [0.3, 0.4) is 0 Å². The molecule has 1 fully saturated rings. The molecule has 1 aliphatic rings. The normalized spacial score (nSPS) is 25.1. The summed E-state index contributed by atoms with van der Waals surface area (Å²) in [4.78, 5) is 2.41. The molecule has 0 radical (unpaired) electrons. The lowest BCUT2D eigenvalue weighted by atomic mass is 10.1. The van der Waals surface area contributed by atoms with Gasteiger partial charge in [0.1, 0.15) is 0 Å². The van der Waals surface area contributed by atoms with Crippen molar-refractivity contribution in [3.8, 4) is 0 Å². The first-order chi connectivity index (χ1) is 4.84. The monoisotopic (exact) mass is 179 g/mol. The minimum absolute atomic E-state index is 0. The maximum atomic E-state index is 5.18. The van der Waals surface area contributed by atoms with Gasteiger partial charge >= 0.3 is 0 Å². The quantitative estimate of drug-likeness (QED) is 0.486. The third-order valence-electron chi connectivity index (χ3n) is 2.29. The molecular weight excluding hydrogens is 162 g/mol. The summed E-state index contributed by atoms with van der Waals surface area (Å²) in [7, 11) is 2.19. The van der Waals surface area contributed by atoms with Gasteiger partial charge in [-0.2, -0.15) is 0 Å². The summed E-state index contributed by atoms with van der Waals surface area (Å²) in [6.45, 7) is 2.20. The smallest absolute Gasteiger partial charge is 0.0112 e. The van der Waals surface area contributed by atoms with Gasteiger partial charge in [-0.15, -0.1) is 12.4 Å². The van der Waals surface area contributed by atoms with Crippen LogP contribution in [0.15, 0.2) is 0 Å². The van der Waals surface area contributed by atoms with E-state index in [1.165, 1.54) is 25.8 Å². The Bertz CT molecular complexity index is 99.7. The van der Waals surface area contributed by atoms with Gasteiger partial charge in [-0.1, -0.05) is 0 Å². The molecule has 11 heavy (non-hydrogen) atoms. The first-order valence-electron chi connectivity index (χ1n) is 3.98. The summed E-state index contributed by atoms with van der Waals surface area (Å²) in [5.41, 5.74) is 2.69. The van der Waals surface area contributed by atoms with Crippen LogP contribution in [0, 0.1) is 0 Å². The molecule has 1 atom stereocenters. The molecule has 0 bridgehead atoms. The third kappa shape index (κ3) is 3.38. The number of rotatable bonds is 3. The van der Waals surface area contributed by atoms with E-state index in [1.807, 2.05) is 0 Å². The maximum absolute atomic E-state index is 5.18. The van der Waals surface area contributed by atoms with Crippen LogP contribution < -0.4 is 11.3 Å². The molecule has 0 amide bonds. The average Bonchev–Trinajstić information content (AvgIpc) is 2.31. The summed E-state index contributed by atoms with van der Waals surface area (Å²) in [5, 5.41) is 0. The van der Waals surface area contributed by atoms with E-state index in [9.17, 15) is 0 Å². The highest BCUT2D eigenvalue weighted by Gasteiger charge is 2.19. The van der Waals surface area contributed by atoms with E-state index in [2.05, 4.69) is 17.4 Å². The molecule has 0 aromatic carbocycles. The minimum Gasteiger partial charge on any atom is -0.303 e. The first kappa shape index (κ1) is 11.2. The summed E-state index contributed by atoms with van der Waals surface area (Å²) >= 11 is 0. The molecule has 4 heteroatoms. The lowest BCUT2D eigenvalue weighted by molar-refractivity contribution is 0.294. The van der Waals surface area contributed by atoms with Crippen LogP contribution in [-0.4, -0.2) is 31.1 Å². The molecule has 3 nitrogen and oxygen atoms in total. The summed E-state index contributed by atoms with van der Waals surface area (Å²) in [5.74, 6) is 5.18. The highest BCUT2D eigenvalue weighted by Crippen LogP contribution is 2.16. The van der Waals surface area contributed by atoms with Gasteiger partial charge in [0.15, 0.2) is 0 Å². The van der Waals surface area contributed by atoms with Crippen LogP contribution in [-0.2, 0) is 0 Å². The Hall–Kier alpha value is 0.170. The number of hydrazine groups is 1. The number of nitrogens with zero attached hydrogens (tertiary/aromatic N) is 1. The van der Waals surface area contributed by atoms with Crippen molar-refractivity contribution in [2.24, 2.45) is 5.84 Å². The van der Waals surface area contributed by atoms with E-state index in [0.717, 1.165) is 12.6 Å². The molecule has 0 aromatic heterocycles. The predicted octanol–water partition coefficient (Wildman–Crippen LogP) is 0.356. The van der Waals surface area contributed by atoms with Crippen LogP contribution in [0.5, 0.6) is 0 Å². The molecule has 1 unspecified atom stereocenters. The molecule has 0 aliphatic carbocycles. The highest BCUT2D eigenvalue weighted by atomic mass is 35.5. The Morgan fingerprint density at radius 1 is 1.64 bits per heavy atom. The Balaban J connectivity index is 0.000001000. The average molecular weight is 180 g/mol. The van der Waals surface area contributed by atoms with Crippen molar-refractivity contribution in [2.75, 3.05) is 20.1 Å². The van der Waals surface area contributed by atoms with Gasteiger partial charge in [0.05, 0.1) is 0 Å². The van der Waals surface area contributed by atoms with E-state index in [0.29, 0.717) is 0 Å². The SMILES string of the molecule is CN1CCCC1CCNN.Cl. The van der Waals surface area contributed by atoms with Crippen molar-refractivity contribution >= 4 is 12.4 Å². The van der Waals surface area contributed by atoms with E-state index < -0.39 is 0 Å². The van der Waals surface area contributed by atoms with E-state index in [1.54, 1.807) is 0 Å². The molecule has 0 aromatic rings. The number of nitrogens with one attached hydrogen (secondary N) is 1. The van der Waals surface area contributed by atoms with Gasteiger partial charge in [0.2, 0.25) is 0 Å². The van der Waals surface area contributed by atoms with Gasteiger partial charge in [-0.25, -0.2) is 0 Å². The number of halogens is 1.